The average molecular weight is 784 g/mol. The summed E-state index contributed by atoms with van der Waals surface area (Å²) in [5.74, 6) is -8.96. The van der Waals surface area contributed by atoms with Crippen LogP contribution in [0, 0.1) is 0 Å². The number of carbonyl (C=O) groups is 6. The second kappa shape index (κ2) is 18.6. The molecular weight excluding hydrogens is 734 g/mol. The van der Waals surface area contributed by atoms with Crippen molar-refractivity contribution in [2.24, 2.45) is 0 Å². The van der Waals surface area contributed by atoms with Gasteiger partial charge in [0.05, 0.1) is 32.8 Å². The summed E-state index contributed by atoms with van der Waals surface area (Å²) in [6.07, 6.45) is -12.7. The molecule has 1 aromatic carbocycles. The normalized spacial score (nSPS) is 30.8. The molecule has 0 bridgehead atoms. The molecule has 0 aliphatic carbocycles. The quantitative estimate of drug-likeness (QED) is 0.180. The molecule has 1 amide bonds. The van der Waals surface area contributed by atoms with Crippen molar-refractivity contribution in [2.75, 3.05) is 20.3 Å². The molecule has 0 radical (unpaired) electrons. The van der Waals surface area contributed by atoms with Gasteiger partial charge in [-0.05, 0) is 19.4 Å². The van der Waals surface area contributed by atoms with Crippen LogP contribution in [0.5, 0.6) is 0 Å². The van der Waals surface area contributed by atoms with E-state index in [4.69, 9.17) is 52.1 Å². The third-order valence-electron chi connectivity index (χ3n) is 8.69. The van der Waals surface area contributed by atoms with Gasteiger partial charge in [-0.25, -0.2) is 4.79 Å². The molecule has 4 rings (SSSR count). The average Bonchev–Trinajstić information content (AvgIpc) is 3.44. The zero-order valence-electron chi connectivity index (χ0n) is 31.9. The number of aliphatic hydroxyl groups is 1. The number of benzene rings is 1. The molecule has 3 aliphatic heterocycles. The number of ether oxygens (including phenoxy) is 11. The summed E-state index contributed by atoms with van der Waals surface area (Å²) >= 11 is 0. The summed E-state index contributed by atoms with van der Waals surface area (Å²) in [6, 6.07) is 7.73. The zero-order chi connectivity index (χ0) is 40.7. The van der Waals surface area contributed by atoms with Crippen molar-refractivity contribution < 1.29 is 86.0 Å². The summed E-state index contributed by atoms with van der Waals surface area (Å²) in [6.45, 7) is 7.52. The summed E-state index contributed by atoms with van der Waals surface area (Å²) < 4.78 is 63.7. The standard InChI is InChI=1S/C36H49NO18/c1-18(38)37-27-24(49-20(3)40)14-36(34(44)45-8,55-31(27)29(51-22(5)42)25(50-21(4)41)16-46-19(2)39)48-17-26-30-32(54-35(6,7)53-30)28(43)33(52-26)47-15-23-12-10-9-11-13-23/h9-13,24-33,43H,14-17H2,1-8H3,(H,37,38)/t24-,25+,26+,27+,28+,29+,30-,31+,32+,33+,36+/m0/s1. The first kappa shape index (κ1) is 43.5. The zero-order valence-corrected chi connectivity index (χ0v) is 31.9. The maximum Gasteiger partial charge on any atom is 0.366 e. The van der Waals surface area contributed by atoms with Crippen LogP contribution >= 0.6 is 0 Å². The van der Waals surface area contributed by atoms with Crippen LogP contribution < -0.4 is 5.32 Å². The lowest BCUT2D eigenvalue weighted by Crippen LogP contribution is -2.69. The number of methoxy groups -OCH3 is 1. The van der Waals surface area contributed by atoms with E-state index in [2.05, 4.69) is 5.32 Å². The van der Waals surface area contributed by atoms with Gasteiger partial charge in [-0.2, -0.15) is 0 Å². The van der Waals surface area contributed by atoms with Gasteiger partial charge in [0.25, 0.3) is 5.79 Å². The first-order valence-corrected chi connectivity index (χ1v) is 17.5. The highest BCUT2D eigenvalue weighted by molar-refractivity contribution is 5.79. The lowest BCUT2D eigenvalue weighted by atomic mass is 9.87. The van der Waals surface area contributed by atoms with Crippen LogP contribution in [0.15, 0.2) is 30.3 Å². The van der Waals surface area contributed by atoms with E-state index in [1.165, 1.54) is 0 Å². The van der Waals surface area contributed by atoms with E-state index in [9.17, 15) is 33.9 Å². The van der Waals surface area contributed by atoms with E-state index in [-0.39, 0.29) is 6.61 Å². The predicted molar refractivity (Wildman–Crippen MR) is 181 cm³/mol. The topological polar surface area (TPSA) is 236 Å². The van der Waals surface area contributed by atoms with E-state index >= 15 is 0 Å². The monoisotopic (exact) mass is 783 g/mol. The van der Waals surface area contributed by atoms with Gasteiger partial charge < -0.3 is 62.5 Å². The number of fused-ring (bicyclic) bond motifs is 1. The van der Waals surface area contributed by atoms with Crippen LogP contribution in [0.2, 0.25) is 0 Å². The molecule has 55 heavy (non-hydrogen) atoms. The molecule has 0 unspecified atom stereocenters. The SMILES string of the molecule is COC(=O)[C@@]1(OC[C@H]2O[C@@H](OCc3ccccc3)[C@H](O)[C@H]3OC(C)(C)O[C@H]32)C[C@H](OC(C)=O)[C@@H](NC(C)=O)[C@H]([C@H](OC(C)=O)[C@@H](COC(C)=O)OC(C)=O)O1. The van der Waals surface area contributed by atoms with Crippen molar-refractivity contribution in [1.29, 1.82) is 0 Å². The highest BCUT2D eigenvalue weighted by Crippen LogP contribution is 2.41. The number of rotatable bonds is 15. The van der Waals surface area contributed by atoms with E-state index in [0.717, 1.165) is 47.3 Å². The van der Waals surface area contributed by atoms with Gasteiger partial charge in [-0.3, -0.25) is 24.0 Å². The van der Waals surface area contributed by atoms with Gasteiger partial charge in [-0.15, -0.1) is 0 Å². The minimum absolute atomic E-state index is 0.0532. The van der Waals surface area contributed by atoms with Crippen molar-refractivity contribution in [2.45, 2.75) is 134 Å². The van der Waals surface area contributed by atoms with Crippen LogP contribution in [0.4, 0.5) is 0 Å². The maximum atomic E-state index is 13.9. The number of esters is 5. The largest absolute Gasteiger partial charge is 0.465 e. The second-order valence-corrected chi connectivity index (χ2v) is 13.6. The lowest BCUT2D eigenvalue weighted by molar-refractivity contribution is -0.334. The first-order valence-electron chi connectivity index (χ1n) is 17.5. The highest BCUT2D eigenvalue weighted by atomic mass is 16.8. The molecule has 0 aromatic heterocycles. The Balaban J connectivity index is 1.76. The van der Waals surface area contributed by atoms with Gasteiger partial charge in [0.1, 0.15) is 43.2 Å². The Morgan fingerprint density at radius 3 is 2.13 bits per heavy atom. The number of nitrogens with one attached hydrogen (secondary N) is 1. The van der Waals surface area contributed by atoms with Crippen LogP contribution in [-0.2, 0) is 87.5 Å². The molecule has 19 nitrogen and oxygen atoms in total. The number of carbonyl (C=O) groups excluding carboxylic acids is 6. The van der Waals surface area contributed by atoms with E-state index in [0.29, 0.717) is 0 Å². The molecule has 3 aliphatic rings. The van der Waals surface area contributed by atoms with Crippen LogP contribution in [0.25, 0.3) is 0 Å². The fourth-order valence-electron chi connectivity index (χ4n) is 6.64. The molecule has 0 saturated carbocycles. The lowest BCUT2D eigenvalue weighted by Gasteiger charge is -2.49. The molecule has 3 fully saturated rings. The summed E-state index contributed by atoms with van der Waals surface area (Å²) in [5, 5.41) is 13.9. The van der Waals surface area contributed by atoms with Crippen LogP contribution in [0.3, 0.4) is 0 Å². The summed E-state index contributed by atoms with van der Waals surface area (Å²) in [4.78, 5) is 75.6. The third kappa shape index (κ3) is 11.4. The summed E-state index contributed by atoms with van der Waals surface area (Å²) in [5.41, 5.74) is 0.789. The molecule has 3 saturated heterocycles. The van der Waals surface area contributed by atoms with Gasteiger partial charge >= 0.3 is 29.8 Å². The molecule has 2 N–H and O–H groups in total. The smallest absolute Gasteiger partial charge is 0.366 e. The van der Waals surface area contributed by atoms with Gasteiger partial charge in [-0.1, -0.05) is 30.3 Å². The van der Waals surface area contributed by atoms with Crippen molar-refractivity contribution in [3.8, 4) is 0 Å². The number of aliphatic hydroxyl groups excluding tert-OH is 1. The Kier molecular flexibility index (Phi) is 14.7. The van der Waals surface area contributed by atoms with E-state index in [1.807, 2.05) is 30.3 Å². The second-order valence-electron chi connectivity index (χ2n) is 13.6. The maximum absolute atomic E-state index is 13.9. The molecule has 306 valence electrons. The number of hydrogen-bond donors (Lipinski definition) is 2. The van der Waals surface area contributed by atoms with Crippen LogP contribution in [-0.4, -0.2) is 134 Å². The van der Waals surface area contributed by atoms with Crippen LogP contribution in [0.1, 0.15) is 60.5 Å². The van der Waals surface area contributed by atoms with Crippen molar-refractivity contribution in [3.63, 3.8) is 0 Å². The Labute approximate surface area is 317 Å². The van der Waals surface area contributed by atoms with Crippen molar-refractivity contribution in [1.82, 2.24) is 5.32 Å². The molecule has 19 heteroatoms. The summed E-state index contributed by atoms with van der Waals surface area (Å²) in [7, 11) is 1.03. The fraction of sp³-hybridized carbons (Fsp3) is 0.667. The Hall–Kier alpha value is -4.24. The van der Waals surface area contributed by atoms with Gasteiger partial charge in [0.15, 0.2) is 24.3 Å². The number of hydrogen-bond acceptors (Lipinski definition) is 18. The van der Waals surface area contributed by atoms with Gasteiger partial charge in [0, 0.05) is 34.6 Å². The Morgan fingerprint density at radius 2 is 1.55 bits per heavy atom. The van der Waals surface area contributed by atoms with Crippen molar-refractivity contribution in [3.05, 3.63) is 35.9 Å². The molecular formula is C36H49NO18. The predicted octanol–water partition coefficient (Wildman–Crippen LogP) is 0.347. The Morgan fingerprint density at radius 1 is 0.891 bits per heavy atom. The Bertz CT molecular complexity index is 1540. The third-order valence-corrected chi connectivity index (χ3v) is 8.69. The number of amides is 1. The minimum atomic E-state index is -2.51. The molecule has 1 aromatic rings. The van der Waals surface area contributed by atoms with Gasteiger partial charge in [0.2, 0.25) is 5.91 Å². The van der Waals surface area contributed by atoms with E-state index in [1.54, 1.807) is 13.8 Å². The minimum Gasteiger partial charge on any atom is -0.465 e. The molecule has 3 heterocycles. The van der Waals surface area contributed by atoms with E-state index < -0.39 is 128 Å². The highest BCUT2D eigenvalue weighted by Gasteiger charge is 2.61. The molecule has 11 atom stereocenters. The first-order chi connectivity index (χ1) is 25.8. The molecule has 0 spiro atoms. The van der Waals surface area contributed by atoms with Crippen molar-refractivity contribution >= 4 is 35.8 Å². The fourth-order valence-corrected chi connectivity index (χ4v) is 6.64.